The van der Waals surface area contributed by atoms with E-state index in [4.69, 9.17) is 5.73 Å². The average molecular weight is 297 g/mol. The number of pyridine rings is 1. The molecule has 22 heavy (non-hydrogen) atoms. The van der Waals surface area contributed by atoms with Gasteiger partial charge in [-0.1, -0.05) is 12.1 Å². The highest BCUT2D eigenvalue weighted by Gasteiger charge is 2.31. The molecular weight excluding hydrogens is 286 g/mol. The van der Waals surface area contributed by atoms with Crippen molar-refractivity contribution in [1.29, 1.82) is 0 Å². The monoisotopic (exact) mass is 297 g/mol. The first-order valence-corrected chi connectivity index (χ1v) is 6.42. The van der Waals surface area contributed by atoms with E-state index in [1.54, 1.807) is 18.2 Å². The number of nitrogen functional groups attached to an aromatic ring is 1. The summed E-state index contributed by atoms with van der Waals surface area (Å²) in [4.78, 5) is 47.1. The minimum Gasteiger partial charge on any atom is -0.384 e. The molecule has 0 saturated heterocycles. The van der Waals surface area contributed by atoms with Crippen molar-refractivity contribution in [3.8, 4) is 5.69 Å². The van der Waals surface area contributed by atoms with Gasteiger partial charge in [-0.2, -0.15) is 0 Å². The normalized spacial score (nSPS) is 13.0. The van der Waals surface area contributed by atoms with Crippen LogP contribution in [-0.4, -0.2) is 22.2 Å². The summed E-state index contributed by atoms with van der Waals surface area (Å²) in [6, 6.07) is 7.37. The standard InChI is InChI=1S/C15H11N3O4/c1-7(19)8-3-2-4-9(5-8)18-11(20)6-10-12(13(18)16)15(22)17-14(10)21/h2-6H,16H2,1H3,(H,17,21,22). The molecule has 3 rings (SSSR count). The van der Waals surface area contributed by atoms with Crippen molar-refractivity contribution in [2.45, 2.75) is 6.92 Å². The lowest BCUT2D eigenvalue weighted by atomic mass is 10.1. The minimum absolute atomic E-state index is 0.0298. The molecule has 0 unspecified atom stereocenters. The molecule has 1 aromatic carbocycles. The lowest BCUT2D eigenvalue weighted by Crippen LogP contribution is -2.24. The molecule has 0 saturated carbocycles. The SMILES string of the molecule is CC(=O)c1cccc(-n2c(N)c3c(cc2=O)C(=O)NC3=O)c1. The Labute approximate surface area is 124 Å². The van der Waals surface area contributed by atoms with Crippen LogP contribution in [0, 0.1) is 0 Å². The van der Waals surface area contributed by atoms with Gasteiger partial charge in [0.15, 0.2) is 5.78 Å². The highest BCUT2D eigenvalue weighted by molar-refractivity contribution is 6.23. The van der Waals surface area contributed by atoms with Crippen LogP contribution in [0.1, 0.15) is 38.0 Å². The number of benzene rings is 1. The Bertz CT molecular complexity index is 911. The van der Waals surface area contributed by atoms with Crippen LogP contribution in [0.2, 0.25) is 0 Å². The van der Waals surface area contributed by atoms with Crippen LogP contribution in [0.3, 0.4) is 0 Å². The summed E-state index contributed by atoms with van der Waals surface area (Å²) in [6.45, 7) is 1.40. The number of nitrogens with zero attached hydrogens (tertiary/aromatic N) is 1. The lowest BCUT2D eigenvalue weighted by Gasteiger charge is -2.12. The van der Waals surface area contributed by atoms with Crippen LogP contribution >= 0.6 is 0 Å². The molecule has 0 radical (unpaired) electrons. The Morgan fingerprint density at radius 3 is 2.55 bits per heavy atom. The zero-order valence-corrected chi connectivity index (χ0v) is 11.5. The number of fused-ring (bicyclic) bond motifs is 1. The Kier molecular flexibility index (Phi) is 2.91. The summed E-state index contributed by atoms with van der Waals surface area (Å²) < 4.78 is 1.10. The van der Waals surface area contributed by atoms with Crippen LogP contribution in [0.4, 0.5) is 5.82 Å². The van der Waals surface area contributed by atoms with E-state index in [9.17, 15) is 19.2 Å². The molecule has 0 aliphatic carbocycles. The van der Waals surface area contributed by atoms with Gasteiger partial charge in [0.2, 0.25) is 0 Å². The van der Waals surface area contributed by atoms with E-state index >= 15 is 0 Å². The molecular formula is C15H11N3O4. The first-order valence-electron chi connectivity index (χ1n) is 6.42. The highest BCUT2D eigenvalue weighted by Crippen LogP contribution is 2.23. The Hall–Kier alpha value is -3.22. The van der Waals surface area contributed by atoms with Crippen molar-refractivity contribution in [2.24, 2.45) is 0 Å². The van der Waals surface area contributed by atoms with Gasteiger partial charge in [-0.15, -0.1) is 0 Å². The second kappa shape index (κ2) is 4.66. The Morgan fingerprint density at radius 1 is 1.14 bits per heavy atom. The van der Waals surface area contributed by atoms with E-state index in [1.165, 1.54) is 13.0 Å². The number of nitrogens with two attached hydrogens (primary N) is 1. The van der Waals surface area contributed by atoms with Gasteiger partial charge in [0.05, 0.1) is 16.8 Å². The predicted octanol–water partition coefficient (Wildman–Crippen LogP) is 0.506. The summed E-state index contributed by atoms with van der Waals surface area (Å²) in [7, 11) is 0. The van der Waals surface area contributed by atoms with Crippen LogP contribution in [0.25, 0.3) is 5.69 Å². The number of rotatable bonds is 2. The second-order valence-corrected chi connectivity index (χ2v) is 4.88. The molecule has 0 atom stereocenters. The van der Waals surface area contributed by atoms with Gasteiger partial charge in [0.1, 0.15) is 5.82 Å². The van der Waals surface area contributed by atoms with Gasteiger partial charge in [-0.3, -0.25) is 29.1 Å². The second-order valence-electron chi connectivity index (χ2n) is 4.88. The van der Waals surface area contributed by atoms with Gasteiger partial charge in [0, 0.05) is 11.6 Å². The van der Waals surface area contributed by atoms with Crippen molar-refractivity contribution in [1.82, 2.24) is 9.88 Å². The number of Topliss-reactive ketones (excluding diaryl/α,β-unsaturated/α-hetero) is 1. The van der Waals surface area contributed by atoms with Gasteiger partial charge in [0.25, 0.3) is 17.4 Å². The maximum Gasteiger partial charge on any atom is 0.262 e. The summed E-state index contributed by atoms with van der Waals surface area (Å²) in [5, 5.41) is 2.09. The zero-order chi connectivity index (χ0) is 16.0. The topological polar surface area (TPSA) is 111 Å². The first kappa shape index (κ1) is 13.7. The number of anilines is 1. The quantitative estimate of drug-likeness (QED) is 0.619. The van der Waals surface area contributed by atoms with Crippen molar-refractivity contribution in [3.63, 3.8) is 0 Å². The van der Waals surface area contributed by atoms with E-state index in [0.717, 1.165) is 10.6 Å². The summed E-state index contributed by atoms with van der Waals surface area (Å²) in [5.41, 5.74) is 6.05. The zero-order valence-electron chi connectivity index (χ0n) is 11.5. The predicted molar refractivity (Wildman–Crippen MR) is 78.3 cm³/mol. The molecule has 1 aromatic heterocycles. The average Bonchev–Trinajstić information content (AvgIpc) is 2.74. The molecule has 1 aliphatic heterocycles. The third-order valence-corrected chi connectivity index (χ3v) is 3.46. The number of aromatic nitrogens is 1. The number of nitrogens with one attached hydrogen (secondary N) is 1. The molecule has 3 N–H and O–H groups in total. The fraction of sp³-hybridized carbons (Fsp3) is 0.0667. The maximum atomic E-state index is 12.2. The highest BCUT2D eigenvalue weighted by atomic mass is 16.2. The van der Waals surface area contributed by atoms with E-state index < -0.39 is 17.4 Å². The maximum absolute atomic E-state index is 12.2. The van der Waals surface area contributed by atoms with Crippen molar-refractivity contribution >= 4 is 23.4 Å². The van der Waals surface area contributed by atoms with E-state index in [2.05, 4.69) is 5.32 Å². The van der Waals surface area contributed by atoms with Crippen LogP contribution in [-0.2, 0) is 0 Å². The van der Waals surface area contributed by atoms with Crippen LogP contribution in [0.15, 0.2) is 35.1 Å². The van der Waals surface area contributed by atoms with E-state index in [1.807, 2.05) is 0 Å². The number of amides is 2. The number of imide groups is 1. The Balaban J connectivity index is 2.30. The van der Waals surface area contributed by atoms with Gasteiger partial charge < -0.3 is 5.73 Å². The molecule has 2 amide bonds. The number of carbonyl (C=O) groups excluding carboxylic acids is 3. The van der Waals surface area contributed by atoms with E-state index in [0.29, 0.717) is 11.3 Å². The van der Waals surface area contributed by atoms with Gasteiger partial charge in [-0.05, 0) is 19.1 Å². The molecule has 0 spiro atoms. The summed E-state index contributed by atoms with van der Waals surface area (Å²) >= 11 is 0. The summed E-state index contributed by atoms with van der Waals surface area (Å²) in [6.07, 6.45) is 0. The van der Waals surface area contributed by atoms with E-state index in [-0.39, 0.29) is 22.7 Å². The fourth-order valence-electron chi connectivity index (χ4n) is 2.41. The number of carbonyl (C=O) groups is 3. The van der Waals surface area contributed by atoms with Crippen molar-refractivity contribution in [3.05, 3.63) is 57.4 Å². The number of hydrogen-bond acceptors (Lipinski definition) is 5. The smallest absolute Gasteiger partial charge is 0.262 e. The first-order chi connectivity index (χ1) is 10.4. The van der Waals surface area contributed by atoms with Crippen molar-refractivity contribution < 1.29 is 14.4 Å². The number of ketones is 1. The summed E-state index contributed by atoms with van der Waals surface area (Å²) in [5.74, 6) is -1.59. The molecule has 2 heterocycles. The van der Waals surface area contributed by atoms with Gasteiger partial charge >= 0.3 is 0 Å². The van der Waals surface area contributed by atoms with Crippen LogP contribution in [0.5, 0.6) is 0 Å². The third-order valence-electron chi connectivity index (χ3n) is 3.46. The number of hydrogen-bond donors (Lipinski definition) is 2. The van der Waals surface area contributed by atoms with Crippen LogP contribution < -0.4 is 16.6 Å². The fourth-order valence-corrected chi connectivity index (χ4v) is 2.41. The minimum atomic E-state index is -0.645. The molecule has 0 bridgehead atoms. The van der Waals surface area contributed by atoms with Crippen molar-refractivity contribution in [2.75, 3.05) is 5.73 Å². The van der Waals surface area contributed by atoms with Gasteiger partial charge in [-0.25, -0.2) is 0 Å². The lowest BCUT2D eigenvalue weighted by molar-refractivity contribution is 0.0879. The molecule has 7 heteroatoms. The molecule has 7 nitrogen and oxygen atoms in total. The molecule has 110 valence electrons. The molecule has 2 aromatic rings. The molecule has 0 fully saturated rings. The Morgan fingerprint density at radius 2 is 1.86 bits per heavy atom. The largest absolute Gasteiger partial charge is 0.384 e. The third kappa shape index (κ3) is 1.91. The molecule has 1 aliphatic rings.